The fraction of sp³-hybridized carbons (Fsp3) is 0.364. The summed E-state index contributed by atoms with van der Waals surface area (Å²) in [5.74, 6) is -0.00110. The van der Waals surface area contributed by atoms with Crippen molar-refractivity contribution in [1.29, 1.82) is 0 Å². The van der Waals surface area contributed by atoms with Crippen LogP contribution in [0.25, 0.3) is 0 Å². The van der Waals surface area contributed by atoms with Gasteiger partial charge in [-0.3, -0.25) is 4.99 Å². The molecule has 0 saturated carbocycles. The molecule has 3 nitrogen and oxygen atoms in total. The van der Waals surface area contributed by atoms with E-state index in [1.165, 1.54) is 5.56 Å². The minimum absolute atomic E-state index is 0.224. The molecule has 2 atom stereocenters. The number of hydrogen-bond acceptors (Lipinski definition) is 3. The second-order valence-electron chi connectivity index (χ2n) is 7.55. The standard InChI is InChI=1S/C22H25NO2/c1-22(2,3)25-21(24)19-15-18(14-16-10-6-4-7-11-16)20(23-19)17-12-8-5-9-13-17/h4-13,18-19H,14-15H2,1-3H3. The highest BCUT2D eigenvalue weighted by atomic mass is 16.6. The van der Waals surface area contributed by atoms with E-state index in [4.69, 9.17) is 9.73 Å². The Morgan fingerprint density at radius 3 is 2.24 bits per heavy atom. The second-order valence-corrected chi connectivity index (χ2v) is 7.55. The van der Waals surface area contributed by atoms with Gasteiger partial charge in [0, 0.05) is 11.6 Å². The van der Waals surface area contributed by atoms with Gasteiger partial charge in [0.05, 0.1) is 0 Å². The third-order valence-corrected chi connectivity index (χ3v) is 4.26. The molecular formula is C22H25NO2. The van der Waals surface area contributed by atoms with E-state index in [-0.39, 0.29) is 11.9 Å². The first-order valence-corrected chi connectivity index (χ1v) is 8.82. The van der Waals surface area contributed by atoms with Crippen LogP contribution in [0.2, 0.25) is 0 Å². The van der Waals surface area contributed by atoms with Gasteiger partial charge in [-0.1, -0.05) is 60.7 Å². The maximum atomic E-state index is 12.5. The maximum Gasteiger partial charge on any atom is 0.331 e. The van der Waals surface area contributed by atoms with Gasteiger partial charge in [-0.05, 0) is 44.7 Å². The van der Waals surface area contributed by atoms with Gasteiger partial charge in [0.25, 0.3) is 0 Å². The molecular weight excluding hydrogens is 310 g/mol. The SMILES string of the molecule is CC(C)(C)OC(=O)C1CC(Cc2ccccc2)C(c2ccccc2)=N1. The molecule has 1 aliphatic heterocycles. The van der Waals surface area contributed by atoms with Gasteiger partial charge in [0.2, 0.25) is 0 Å². The van der Waals surface area contributed by atoms with Crippen LogP contribution < -0.4 is 0 Å². The van der Waals surface area contributed by atoms with Crippen LogP contribution in [-0.4, -0.2) is 23.3 Å². The van der Waals surface area contributed by atoms with Gasteiger partial charge in [-0.25, -0.2) is 4.79 Å². The zero-order chi connectivity index (χ0) is 17.9. The molecule has 0 fully saturated rings. The van der Waals surface area contributed by atoms with Gasteiger partial charge in [0.1, 0.15) is 11.6 Å². The zero-order valence-corrected chi connectivity index (χ0v) is 15.1. The number of esters is 1. The van der Waals surface area contributed by atoms with Crippen molar-refractivity contribution < 1.29 is 9.53 Å². The van der Waals surface area contributed by atoms with Crippen LogP contribution in [0.4, 0.5) is 0 Å². The van der Waals surface area contributed by atoms with E-state index in [2.05, 4.69) is 36.4 Å². The van der Waals surface area contributed by atoms with E-state index in [0.717, 1.165) is 17.7 Å². The molecule has 1 aliphatic rings. The predicted octanol–water partition coefficient (Wildman–Crippen LogP) is 4.45. The van der Waals surface area contributed by atoms with Crippen molar-refractivity contribution in [3.63, 3.8) is 0 Å². The fourth-order valence-corrected chi connectivity index (χ4v) is 3.22. The van der Waals surface area contributed by atoms with Crippen molar-refractivity contribution in [2.24, 2.45) is 10.9 Å². The first kappa shape index (κ1) is 17.4. The van der Waals surface area contributed by atoms with E-state index in [9.17, 15) is 4.79 Å². The van der Waals surface area contributed by atoms with E-state index in [1.54, 1.807) is 0 Å². The molecule has 0 amide bonds. The van der Waals surface area contributed by atoms with Crippen LogP contribution in [0, 0.1) is 5.92 Å². The highest BCUT2D eigenvalue weighted by Gasteiger charge is 2.35. The molecule has 3 heteroatoms. The molecule has 0 radical (unpaired) electrons. The van der Waals surface area contributed by atoms with E-state index < -0.39 is 11.6 Å². The first-order valence-electron chi connectivity index (χ1n) is 8.82. The van der Waals surface area contributed by atoms with E-state index >= 15 is 0 Å². The average Bonchev–Trinajstić information content (AvgIpc) is 2.99. The summed E-state index contributed by atoms with van der Waals surface area (Å²) in [5.41, 5.74) is 2.88. The maximum absolute atomic E-state index is 12.5. The van der Waals surface area contributed by atoms with E-state index in [1.807, 2.05) is 45.0 Å². The highest BCUT2D eigenvalue weighted by molar-refractivity contribution is 6.05. The molecule has 2 aromatic rings. The molecule has 0 bridgehead atoms. The normalized spacial score (nSPS) is 20.2. The molecule has 3 rings (SSSR count). The molecule has 1 heterocycles. The molecule has 2 aromatic carbocycles. The number of benzene rings is 2. The Hall–Kier alpha value is -2.42. The Balaban J connectivity index is 1.84. The van der Waals surface area contributed by atoms with Gasteiger partial charge >= 0.3 is 5.97 Å². The summed E-state index contributed by atoms with van der Waals surface area (Å²) < 4.78 is 5.56. The molecule has 0 saturated heterocycles. The molecule has 0 N–H and O–H groups in total. The summed E-state index contributed by atoms with van der Waals surface area (Å²) in [6.45, 7) is 5.68. The minimum Gasteiger partial charge on any atom is -0.458 e. The second kappa shape index (κ2) is 7.22. The topological polar surface area (TPSA) is 38.7 Å². The van der Waals surface area contributed by atoms with Crippen molar-refractivity contribution in [1.82, 2.24) is 0 Å². The van der Waals surface area contributed by atoms with Crippen LogP contribution in [0.3, 0.4) is 0 Å². The number of aliphatic imine (C=N–C) groups is 1. The molecule has 25 heavy (non-hydrogen) atoms. The van der Waals surface area contributed by atoms with Crippen molar-refractivity contribution >= 4 is 11.7 Å². The summed E-state index contributed by atoms with van der Waals surface area (Å²) in [7, 11) is 0. The number of hydrogen-bond donors (Lipinski definition) is 0. The van der Waals surface area contributed by atoms with Gasteiger partial charge < -0.3 is 4.74 Å². The third-order valence-electron chi connectivity index (χ3n) is 4.26. The summed E-state index contributed by atoms with van der Waals surface area (Å²) in [4.78, 5) is 17.3. The molecule has 0 spiro atoms. The summed E-state index contributed by atoms with van der Waals surface area (Å²) in [6.07, 6.45) is 1.59. The minimum atomic E-state index is -0.489. The average molecular weight is 335 g/mol. The van der Waals surface area contributed by atoms with Crippen LogP contribution in [0.1, 0.15) is 38.3 Å². The lowest BCUT2D eigenvalue weighted by molar-refractivity contribution is -0.156. The molecule has 0 aliphatic carbocycles. The van der Waals surface area contributed by atoms with Gasteiger partial charge in [-0.15, -0.1) is 0 Å². The quantitative estimate of drug-likeness (QED) is 0.774. The Labute approximate surface area is 149 Å². The molecule has 0 aromatic heterocycles. The predicted molar refractivity (Wildman–Crippen MR) is 101 cm³/mol. The van der Waals surface area contributed by atoms with Gasteiger partial charge in [0.15, 0.2) is 0 Å². The monoisotopic (exact) mass is 335 g/mol. The van der Waals surface area contributed by atoms with Crippen molar-refractivity contribution in [2.75, 3.05) is 0 Å². The number of carbonyl (C=O) groups is 1. The number of rotatable bonds is 4. The molecule has 130 valence electrons. The van der Waals surface area contributed by atoms with Crippen molar-refractivity contribution in [3.05, 3.63) is 71.8 Å². The Bertz CT molecular complexity index is 745. The third kappa shape index (κ3) is 4.56. The van der Waals surface area contributed by atoms with Crippen molar-refractivity contribution in [3.8, 4) is 0 Å². The summed E-state index contributed by atoms with van der Waals surface area (Å²) in [5, 5.41) is 0. The largest absolute Gasteiger partial charge is 0.458 e. The number of carbonyl (C=O) groups excluding carboxylic acids is 1. The lowest BCUT2D eigenvalue weighted by Gasteiger charge is -2.21. The number of nitrogens with zero attached hydrogens (tertiary/aromatic N) is 1. The van der Waals surface area contributed by atoms with Gasteiger partial charge in [-0.2, -0.15) is 0 Å². The van der Waals surface area contributed by atoms with Crippen LogP contribution in [-0.2, 0) is 16.0 Å². The van der Waals surface area contributed by atoms with Crippen LogP contribution in [0.5, 0.6) is 0 Å². The Morgan fingerprint density at radius 2 is 1.64 bits per heavy atom. The smallest absolute Gasteiger partial charge is 0.331 e. The lowest BCUT2D eigenvalue weighted by atomic mass is 9.89. The fourth-order valence-electron chi connectivity index (χ4n) is 3.22. The van der Waals surface area contributed by atoms with Crippen molar-refractivity contribution in [2.45, 2.75) is 45.3 Å². The zero-order valence-electron chi connectivity index (χ0n) is 15.1. The van der Waals surface area contributed by atoms with E-state index in [0.29, 0.717) is 6.42 Å². The molecule has 2 unspecified atom stereocenters. The first-order chi connectivity index (χ1) is 11.9. The highest BCUT2D eigenvalue weighted by Crippen LogP contribution is 2.29. The lowest BCUT2D eigenvalue weighted by Crippen LogP contribution is -2.30. The Kier molecular flexibility index (Phi) is 5.03. The van der Waals surface area contributed by atoms with Crippen LogP contribution >= 0.6 is 0 Å². The summed E-state index contributed by atoms with van der Waals surface area (Å²) >= 11 is 0. The Morgan fingerprint density at radius 1 is 1.04 bits per heavy atom. The summed E-state index contributed by atoms with van der Waals surface area (Å²) in [6, 6.07) is 20.1. The van der Waals surface area contributed by atoms with Crippen LogP contribution in [0.15, 0.2) is 65.7 Å². The number of ether oxygens (including phenoxy) is 1.